The van der Waals surface area contributed by atoms with Crippen LogP contribution in [0.3, 0.4) is 0 Å². The van der Waals surface area contributed by atoms with Gasteiger partial charge in [0.2, 0.25) is 5.95 Å². The molecule has 2 aromatic carbocycles. The third kappa shape index (κ3) is 5.11. The second-order valence-electron chi connectivity index (χ2n) is 5.77. The van der Waals surface area contributed by atoms with Gasteiger partial charge in [-0.2, -0.15) is 0 Å². The maximum atomic E-state index is 12.9. The fraction of sp³-hybridized carbons (Fsp3) is 0.150. The van der Waals surface area contributed by atoms with Crippen molar-refractivity contribution in [1.29, 1.82) is 0 Å². The normalized spacial score (nSPS) is 10.3. The van der Waals surface area contributed by atoms with E-state index >= 15 is 0 Å². The number of aromatic nitrogens is 2. The highest BCUT2D eigenvalue weighted by Gasteiger charge is 2.07. The van der Waals surface area contributed by atoms with Crippen molar-refractivity contribution in [1.82, 2.24) is 15.3 Å². The van der Waals surface area contributed by atoms with Crippen molar-refractivity contribution >= 4 is 11.9 Å². The molecule has 26 heavy (non-hydrogen) atoms. The Bertz CT molecular complexity index is 836. The first kappa shape index (κ1) is 17.5. The molecule has 3 aromatic rings. The molecule has 6 heteroatoms. The zero-order chi connectivity index (χ0) is 18.2. The highest BCUT2D eigenvalue weighted by molar-refractivity contribution is 5.93. The molecule has 2 N–H and O–H groups in total. The van der Waals surface area contributed by atoms with E-state index in [1.165, 1.54) is 24.5 Å². The SMILES string of the molecule is O=C(NCCc1ccc(F)cc1)c1cnc(NCc2ccccc2)nc1. The molecule has 0 aliphatic rings. The first-order valence-corrected chi connectivity index (χ1v) is 8.33. The first-order chi connectivity index (χ1) is 12.7. The number of amides is 1. The van der Waals surface area contributed by atoms with E-state index in [1.807, 2.05) is 30.3 Å². The Kier molecular flexibility index (Phi) is 5.88. The summed E-state index contributed by atoms with van der Waals surface area (Å²) >= 11 is 0. The molecule has 0 fully saturated rings. The maximum absolute atomic E-state index is 12.9. The molecular weight excluding hydrogens is 331 g/mol. The van der Waals surface area contributed by atoms with Crippen molar-refractivity contribution in [3.8, 4) is 0 Å². The quantitative estimate of drug-likeness (QED) is 0.687. The molecule has 0 aliphatic heterocycles. The minimum Gasteiger partial charge on any atom is -0.352 e. The summed E-state index contributed by atoms with van der Waals surface area (Å²) in [4.78, 5) is 20.4. The molecule has 1 aromatic heterocycles. The summed E-state index contributed by atoms with van der Waals surface area (Å²) in [6.07, 6.45) is 3.62. The first-order valence-electron chi connectivity index (χ1n) is 8.33. The van der Waals surface area contributed by atoms with Gasteiger partial charge in [-0.3, -0.25) is 4.79 Å². The van der Waals surface area contributed by atoms with E-state index in [2.05, 4.69) is 20.6 Å². The minimum absolute atomic E-state index is 0.235. The molecule has 3 rings (SSSR count). The molecule has 1 amide bonds. The van der Waals surface area contributed by atoms with Crippen LogP contribution < -0.4 is 10.6 Å². The lowest BCUT2D eigenvalue weighted by Crippen LogP contribution is -2.26. The number of nitrogens with zero attached hydrogens (tertiary/aromatic N) is 2. The van der Waals surface area contributed by atoms with Gasteiger partial charge < -0.3 is 10.6 Å². The second-order valence-corrected chi connectivity index (χ2v) is 5.77. The molecule has 0 bridgehead atoms. The summed E-state index contributed by atoms with van der Waals surface area (Å²) in [5.41, 5.74) is 2.48. The van der Waals surface area contributed by atoms with Crippen molar-refractivity contribution < 1.29 is 9.18 Å². The van der Waals surface area contributed by atoms with Crippen LogP contribution in [0.4, 0.5) is 10.3 Å². The molecule has 0 unspecified atom stereocenters. The second kappa shape index (κ2) is 8.71. The van der Waals surface area contributed by atoms with Gasteiger partial charge in [0.15, 0.2) is 0 Å². The summed E-state index contributed by atoms with van der Waals surface area (Å²) in [5.74, 6) is -0.0330. The Morgan fingerprint density at radius 3 is 2.31 bits per heavy atom. The minimum atomic E-state index is -0.268. The molecule has 0 aliphatic carbocycles. The highest BCUT2D eigenvalue weighted by Crippen LogP contribution is 2.05. The monoisotopic (exact) mass is 350 g/mol. The molecule has 0 saturated heterocycles. The van der Waals surface area contributed by atoms with E-state index in [-0.39, 0.29) is 11.7 Å². The topological polar surface area (TPSA) is 66.9 Å². The number of carbonyl (C=O) groups is 1. The van der Waals surface area contributed by atoms with Crippen LogP contribution in [-0.4, -0.2) is 22.4 Å². The number of carbonyl (C=O) groups excluding carboxylic acids is 1. The molecular formula is C20H19FN4O. The van der Waals surface area contributed by atoms with Gasteiger partial charge in [0, 0.05) is 25.5 Å². The molecule has 5 nitrogen and oxygen atoms in total. The van der Waals surface area contributed by atoms with Crippen LogP contribution in [0, 0.1) is 5.82 Å². The van der Waals surface area contributed by atoms with E-state index in [4.69, 9.17) is 0 Å². The summed E-state index contributed by atoms with van der Waals surface area (Å²) in [6.45, 7) is 1.07. The Morgan fingerprint density at radius 2 is 1.62 bits per heavy atom. The number of benzene rings is 2. The number of rotatable bonds is 7. The predicted octanol–water partition coefficient (Wildman–Crippen LogP) is 3.20. The number of hydrogen-bond acceptors (Lipinski definition) is 4. The van der Waals surface area contributed by atoms with Gasteiger partial charge in [-0.15, -0.1) is 0 Å². The van der Waals surface area contributed by atoms with Gasteiger partial charge in [0.05, 0.1) is 5.56 Å². The third-order valence-electron chi connectivity index (χ3n) is 3.82. The van der Waals surface area contributed by atoms with Crippen LogP contribution in [-0.2, 0) is 13.0 Å². The summed E-state index contributed by atoms with van der Waals surface area (Å²) in [7, 11) is 0. The largest absolute Gasteiger partial charge is 0.352 e. The van der Waals surface area contributed by atoms with Crippen LogP contribution in [0.5, 0.6) is 0 Å². The van der Waals surface area contributed by atoms with Gasteiger partial charge in [0.1, 0.15) is 5.82 Å². The van der Waals surface area contributed by atoms with E-state index in [0.29, 0.717) is 31.0 Å². The average molecular weight is 350 g/mol. The Balaban J connectivity index is 1.46. The Hall–Kier alpha value is -3.28. The van der Waals surface area contributed by atoms with Gasteiger partial charge in [0.25, 0.3) is 5.91 Å². The fourth-order valence-corrected chi connectivity index (χ4v) is 2.39. The van der Waals surface area contributed by atoms with E-state index in [0.717, 1.165) is 11.1 Å². The molecule has 1 heterocycles. The number of nitrogens with one attached hydrogen (secondary N) is 2. The maximum Gasteiger partial charge on any atom is 0.254 e. The summed E-state index contributed by atoms with van der Waals surface area (Å²) in [5, 5.41) is 5.92. The van der Waals surface area contributed by atoms with E-state index in [9.17, 15) is 9.18 Å². The van der Waals surface area contributed by atoms with Gasteiger partial charge in [-0.25, -0.2) is 14.4 Å². The lowest BCUT2D eigenvalue weighted by atomic mass is 10.1. The number of halogens is 1. The molecule has 0 radical (unpaired) electrons. The highest BCUT2D eigenvalue weighted by atomic mass is 19.1. The Morgan fingerprint density at radius 1 is 0.923 bits per heavy atom. The Labute approximate surface area is 151 Å². The van der Waals surface area contributed by atoms with Crippen LogP contribution in [0.15, 0.2) is 67.0 Å². The van der Waals surface area contributed by atoms with E-state index in [1.54, 1.807) is 12.1 Å². The van der Waals surface area contributed by atoms with Crippen molar-refractivity contribution in [3.63, 3.8) is 0 Å². The smallest absolute Gasteiger partial charge is 0.254 e. The fourth-order valence-electron chi connectivity index (χ4n) is 2.39. The average Bonchev–Trinajstić information content (AvgIpc) is 2.69. The van der Waals surface area contributed by atoms with Gasteiger partial charge >= 0.3 is 0 Å². The number of hydrogen-bond donors (Lipinski definition) is 2. The molecule has 0 spiro atoms. The van der Waals surface area contributed by atoms with Crippen molar-refractivity contribution in [3.05, 3.63) is 89.5 Å². The lowest BCUT2D eigenvalue weighted by Gasteiger charge is -2.07. The number of anilines is 1. The molecule has 0 atom stereocenters. The van der Waals surface area contributed by atoms with Crippen molar-refractivity contribution in [2.24, 2.45) is 0 Å². The van der Waals surface area contributed by atoms with Crippen LogP contribution >= 0.6 is 0 Å². The summed E-state index contributed by atoms with van der Waals surface area (Å²) < 4.78 is 12.9. The van der Waals surface area contributed by atoms with Crippen LogP contribution in [0.2, 0.25) is 0 Å². The van der Waals surface area contributed by atoms with Gasteiger partial charge in [-0.05, 0) is 29.7 Å². The van der Waals surface area contributed by atoms with Crippen molar-refractivity contribution in [2.75, 3.05) is 11.9 Å². The predicted molar refractivity (Wildman–Crippen MR) is 98.2 cm³/mol. The van der Waals surface area contributed by atoms with Gasteiger partial charge in [-0.1, -0.05) is 42.5 Å². The standard InChI is InChI=1S/C20H19FN4O/c21-18-8-6-15(7-9-18)10-11-22-19(26)17-13-24-20(25-14-17)23-12-16-4-2-1-3-5-16/h1-9,13-14H,10-12H2,(H,22,26)(H,23,24,25). The van der Waals surface area contributed by atoms with Crippen molar-refractivity contribution in [2.45, 2.75) is 13.0 Å². The third-order valence-corrected chi connectivity index (χ3v) is 3.82. The van der Waals surface area contributed by atoms with E-state index < -0.39 is 0 Å². The van der Waals surface area contributed by atoms with Crippen LogP contribution in [0.1, 0.15) is 21.5 Å². The summed E-state index contributed by atoms with van der Waals surface area (Å²) in [6, 6.07) is 16.2. The zero-order valence-corrected chi connectivity index (χ0v) is 14.2. The molecule has 0 saturated carbocycles. The lowest BCUT2D eigenvalue weighted by molar-refractivity contribution is 0.0953. The van der Waals surface area contributed by atoms with Crippen LogP contribution in [0.25, 0.3) is 0 Å². The molecule has 132 valence electrons. The zero-order valence-electron chi connectivity index (χ0n) is 14.2.